The maximum absolute atomic E-state index is 9.25. The summed E-state index contributed by atoms with van der Waals surface area (Å²) in [4.78, 5) is 4.26. The highest BCUT2D eigenvalue weighted by atomic mass is 35.5. The van der Waals surface area contributed by atoms with E-state index in [2.05, 4.69) is 4.84 Å². The molecule has 0 aliphatic carbocycles. The van der Waals surface area contributed by atoms with Gasteiger partial charge in [-0.05, 0) is 12.1 Å². The molecule has 0 saturated heterocycles. The molecule has 0 saturated carbocycles. The number of hydrogen-bond acceptors (Lipinski definition) is 4. The molecule has 8 heteroatoms. The Kier molecular flexibility index (Phi) is 11.4. The number of hydrogen-bond donors (Lipinski definition) is 2. The first-order valence-electron chi connectivity index (χ1n) is 4.21. The Morgan fingerprint density at radius 2 is 1.82 bits per heavy atom. The topological polar surface area (TPSA) is 64.7 Å². The lowest BCUT2D eigenvalue weighted by Gasteiger charge is -2.11. The Morgan fingerprint density at radius 3 is 2.35 bits per heavy atom. The zero-order chi connectivity index (χ0) is 11.3. The standard InChI is InChI=1S/C9H11Cl2NO3.2ClH/c10-8-2-1-7(3-9(8)11)14-4-6(13)5-15-12;;/h1-3,6,13H,4-5,12H2;2*1H. The van der Waals surface area contributed by atoms with E-state index in [9.17, 15) is 5.11 Å². The van der Waals surface area contributed by atoms with Crippen LogP contribution in [-0.4, -0.2) is 24.4 Å². The zero-order valence-electron chi connectivity index (χ0n) is 8.64. The molecule has 1 unspecified atom stereocenters. The molecule has 0 aliphatic heterocycles. The minimum absolute atomic E-state index is 0. The van der Waals surface area contributed by atoms with E-state index in [1.54, 1.807) is 18.2 Å². The number of benzene rings is 1. The van der Waals surface area contributed by atoms with Crippen LogP contribution in [0.4, 0.5) is 0 Å². The number of rotatable bonds is 5. The van der Waals surface area contributed by atoms with Gasteiger partial charge in [-0.2, -0.15) is 0 Å². The van der Waals surface area contributed by atoms with E-state index in [-0.39, 0.29) is 38.0 Å². The summed E-state index contributed by atoms with van der Waals surface area (Å²) in [6, 6.07) is 4.84. The Balaban J connectivity index is 0. The lowest BCUT2D eigenvalue weighted by atomic mass is 10.3. The van der Waals surface area contributed by atoms with Crippen molar-refractivity contribution >= 4 is 48.0 Å². The molecule has 100 valence electrons. The minimum Gasteiger partial charge on any atom is -0.491 e. The van der Waals surface area contributed by atoms with E-state index in [4.69, 9.17) is 33.8 Å². The number of aliphatic hydroxyl groups is 1. The summed E-state index contributed by atoms with van der Waals surface area (Å²) in [6.45, 7) is 0.0937. The fourth-order valence-electron chi connectivity index (χ4n) is 0.918. The van der Waals surface area contributed by atoms with Crippen molar-refractivity contribution < 1.29 is 14.7 Å². The van der Waals surface area contributed by atoms with Crippen molar-refractivity contribution in [3.05, 3.63) is 28.2 Å². The fourth-order valence-corrected chi connectivity index (χ4v) is 1.21. The number of aliphatic hydroxyl groups excluding tert-OH is 1. The molecule has 0 heterocycles. The second kappa shape index (κ2) is 10.0. The monoisotopic (exact) mass is 323 g/mol. The van der Waals surface area contributed by atoms with Gasteiger partial charge in [-0.25, -0.2) is 5.90 Å². The van der Waals surface area contributed by atoms with Crippen LogP contribution in [0, 0.1) is 0 Å². The Labute approximate surface area is 122 Å². The lowest BCUT2D eigenvalue weighted by Crippen LogP contribution is -2.25. The molecule has 0 radical (unpaired) electrons. The molecular weight excluding hydrogens is 312 g/mol. The maximum Gasteiger partial charge on any atom is 0.121 e. The van der Waals surface area contributed by atoms with Gasteiger partial charge in [-0.3, -0.25) is 0 Å². The Bertz CT molecular complexity index is 327. The van der Waals surface area contributed by atoms with Crippen molar-refractivity contribution in [2.45, 2.75) is 6.10 Å². The van der Waals surface area contributed by atoms with Gasteiger partial charge in [-0.15, -0.1) is 24.8 Å². The summed E-state index contributed by atoms with van der Waals surface area (Å²) in [6.07, 6.45) is -0.774. The summed E-state index contributed by atoms with van der Waals surface area (Å²) < 4.78 is 5.23. The summed E-state index contributed by atoms with van der Waals surface area (Å²) in [7, 11) is 0. The van der Waals surface area contributed by atoms with Gasteiger partial charge in [0.1, 0.15) is 18.5 Å². The van der Waals surface area contributed by atoms with Gasteiger partial charge in [-0.1, -0.05) is 23.2 Å². The molecule has 1 rings (SSSR count). The maximum atomic E-state index is 9.25. The van der Waals surface area contributed by atoms with E-state index in [1.807, 2.05) is 0 Å². The van der Waals surface area contributed by atoms with Crippen molar-refractivity contribution in [1.29, 1.82) is 0 Å². The van der Waals surface area contributed by atoms with E-state index in [1.165, 1.54) is 0 Å². The summed E-state index contributed by atoms with van der Waals surface area (Å²) in [5.74, 6) is 5.32. The Morgan fingerprint density at radius 1 is 1.18 bits per heavy atom. The summed E-state index contributed by atoms with van der Waals surface area (Å²) >= 11 is 11.5. The summed E-state index contributed by atoms with van der Waals surface area (Å²) in [5.41, 5.74) is 0. The second-order valence-electron chi connectivity index (χ2n) is 2.87. The zero-order valence-corrected chi connectivity index (χ0v) is 11.8. The normalized spacial score (nSPS) is 11.1. The summed E-state index contributed by atoms with van der Waals surface area (Å²) in [5, 5.41) is 10.1. The average molecular weight is 325 g/mol. The molecule has 0 bridgehead atoms. The highest BCUT2D eigenvalue weighted by Gasteiger charge is 2.06. The van der Waals surface area contributed by atoms with Gasteiger partial charge in [0.05, 0.1) is 16.7 Å². The van der Waals surface area contributed by atoms with Crippen molar-refractivity contribution in [3.63, 3.8) is 0 Å². The molecule has 0 amide bonds. The first-order chi connectivity index (χ1) is 7.13. The van der Waals surface area contributed by atoms with Crippen LogP contribution in [0.15, 0.2) is 18.2 Å². The van der Waals surface area contributed by atoms with E-state index >= 15 is 0 Å². The van der Waals surface area contributed by atoms with Crippen LogP contribution >= 0.6 is 48.0 Å². The first-order valence-corrected chi connectivity index (χ1v) is 4.96. The van der Waals surface area contributed by atoms with Gasteiger partial charge in [0.15, 0.2) is 0 Å². The molecule has 1 aromatic rings. The van der Waals surface area contributed by atoms with Gasteiger partial charge in [0.2, 0.25) is 0 Å². The largest absolute Gasteiger partial charge is 0.491 e. The smallest absolute Gasteiger partial charge is 0.121 e. The third-order valence-corrected chi connectivity index (χ3v) is 2.36. The quantitative estimate of drug-likeness (QED) is 0.817. The molecule has 0 fully saturated rings. The number of ether oxygens (including phenoxy) is 1. The van der Waals surface area contributed by atoms with E-state index in [0.717, 1.165) is 0 Å². The third kappa shape index (κ3) is 7.16. The van der Waals surface area contributed by atoms with E-state index < -0.39 is 6.10 Å². The van der Waals surface area contributed by atoms with Crippen LogP contribution < -0.4 is 10.6 Å². The van der Waals surface area contributed by atoms with Gasteiger partial charge < -0.3 is 14.7 Å². The van der Waals surface area contributed by atoms with Crippen LogP contribution in [0.1, 0.15) is 0 Å². The van der Waals surface area contributed by atoms with Crippen molar-refractivity contribution in [2.75, 3.05) is 13.2 Å². The predicted octanol–water partition coefficient (Wildman–Crippen LogP) is 2.47. The molecule has 17 heavy (non-hydrogen) atoms. The molecule has 1 atom stereocenters. The molecule has 0 aromatic heterocycles. The molecule has 0 spiro atoms. The van der Waals surface area contributed by atoms with E-state index in [0.29, 0.717) is 15.8 Å². The second-order valence-corrected chi connectivity index (χ2v) is 3.69. The fraction of sp³-hybridized carbons (Fsp3) is 0.333. The average Bonchev–Trinajstić information content (AvgIpc) is 2.20. The minimum atomic E-state index is -0.774. The first kappa shape index (κ1) is 19.4. The van der Waals surface area contributed by atoms with Crippen molar-refractivity contribution in [3.8, 4) is 5.75 Å². The highest BCUT2D eigenvalue weighted by Crippen LogP contribution is 2.26. The molecular formula is C9H13Cl4NO3. The van der Waals surface area contributed by atoms with Crippen molar-refractivity contribution in [1.82, 2.24) is 0 Å². The van der Waals surface area contributed by atoms with Crippen LogP contribution in [0.3, 0.4) is 0 Å². The van der Waals surface area contributed by atoms with Gasteiger partial charge >= 0.3 is 0 Å². The molecule has 1 aromatic carbocycles. The molecule has 4 nitrogen and oxygen atoms in total. The molecule has 3 N–H and O–H groups in total. The van der Waals surface area contributed by atoms with Crippen LogP contribution in [0.2, 0.25) is 10.0 Å². The Hall–Kier alpha value is 0.0600. The van der Waals surface area contributed by atoms with Crippen LogP contribution in [0.5, 0.6) is 5.75 Å². The molecule has 0 aliphatic rings. The number of nitrogens with two attached hydrogens (primary N) is 1. The predicted molar refractivity (Wildman–Crippen MR) is 72.6 cm³/mol. The van der Waals surface area contributed by atoms with Crippen LogP contribution in [0.25, 0.3) is 0 Å². The van der Waals surface area contributed by atoms with Gasteiger partial charge in [0.25, 0.3) is 0 Å². The highest BCUT2D eigenvalue weighted by molar-refractivity contribution is 6.42. The van der Waals surface area contributed by atoms with Gasteiger partial charge in [0, 0.05) is 6.07 Å². The van der Waals surface area contributed by atoms with Crippen LogP contribution in [-0.2, 0) is 4.84 Å². The lowest BCUT2D eigenvalue weighted by molar-refractivity contribution is 0.0116. The SMILES string of the molecule is Cl.Cl.NOCC(O)COc1ccc(Cl)c(Cl)c1. The third-order valence-electron chi connectivity index (χ3n) is 1.62. The van der Waals surface area contributed by atoms with Crippen molar-refractivity contribution in [2.24, 2.45) is 5.90 Å². The number of halogens is 4.